The lowest BCUT2D eigenvalue weighted by molar-refractivity contribution is -0.252. The van der Waals surface area contributed by atoms with Gasteiger partial charge in [-0.1, -0.05) is 19.1 Å². The number of aromatic nitrogens is 1. The number of amides is 1. The maximum Gasteiger partial charge on any atom is 0.305 e. The Balaban J connectivity index is 1.69. The first kappa shape index (κ1) is 30.0. The number of ether oxygens (including phenoxy) is 3. The summed E-state index contributed by atoms with van der Waals surface area (Å²) in [5.74, 6) is 0.0500. The molecular weight excluding hydrogens is 520 g/mol. The van der Waals surface area contributed by atoms with E-state index in [-0.39, 0.29) is 23.8 Å². The van der Waals surface area contributed by atoms with E-state index in [4.69, 9.17) is 14.2 Å². The molecule has 5 N–H and O–H groups in total. The van der Waals surface area contributed by atoms with Crippen molar-refractivity contribution in [3.05, 3.63) is 42.1 Å². The lowest BCUT2D eigenvalue weighted by Crippen LogP contribution is -2.64. The summed E-state index contributed by atoms with van der Waals surface area (Å²) in [6.45, 7) is 1.47. The van der Waals surface area contributed by atoms with Gasteiger partial charge in [0.15, 0.2) is 6.29 Å². The van der Waals surface area contributed by atoms with E-state index in [1.165, 1.54) is 7.11 Å². The van der Waals surface area contributed by atoms with E-state index in [1.54, 1.807) is 25.4 Å². The molecule has 0 bridgehead atoms. The van der Waals surface area contributed by atoms with E-state index in [9.17, 15) is 30.0 Å². The highest BCUT2D eigenvalue weighted by atomic mass is 16.6. The van der Waals surface area contributed by atoms with Gasteiger partial charge in [-0.15, -0.1) is 0 Å². The third-order valence-electron chi connectivity index (χ3n) is 8.24. The van der Waals surface area contributed by atoms with E-state index in [1.807, 2.05) is 6.07 Å². The fourth-order valence-electron chi connectivity index (χ4n) is 6.09. The molecule has 1 amide bonds. The second kappa shape index (κ2) is 13.1. The number of rotatable bonds is 10. The van der Waals surface area contributed by atoms with E-state index >= 15 is 0 Å². The molecule has 4 rings (SSSR count). The van der Waals surface area contributed by atoms with E-state index < -0.39 is 43.2 Å². The second-order valence-corrected chi connectivity index (χ2v) is 10.5. The number of esters is 1. The number of nitrogens with zero attached hydrogens (tertiary/aromatic N) is 1. The van der Waals surface area contributed by atoms with Gasteiger partial charge in [-0.25, -0.2) is 0 Å². The standard InChI is InChI=1S/C29H40N2O9/c1-4-5-6-7-18-16(12-24(33)39-3)8-11-21(18)31-14-20(19-10-9-17(38-2)13-22(19)31)28(36)30-25-27(35)26(34)23(15-32)40-29(25)37/h5-6,9-10,13-14,16,18,21,23,25-27,29,32,34-35,37H,4,7-8,11-12,15H2,1-3H3,(H,30,36)/b6-5-/t16-,18?,21?,23?,25?,26?,27?,29?/m1/s1. The van der Waals surface area contributed by atoms with Crippen LogP contribution in [0.25, 0.3) is 10.9 Å². The second-order valence-electron chi connectivity index (χ2n) is 10.5. The van der Waals surface area contributed by atoms with Gasteiger partial charge in [0.1, 0.15) is 30.1 Å². The minimum absolute atomic E-state index is 0.00588. The first-order chi connectivity index (χ1) is 19.2. The van der Waals surface area contributed by atoms with Crippen LogP contribution in [0.2, 0.25) is 0 Å². The molecule has 11 nitrogen and oxygen atoms in total. The Morgan fingerprint density at radius 2 is 1.93 bits per heavy atom. The van der Waals surface area contributed by atoms with Crippen LogP contribution in [0.5, 0.6) is 5.75 Å². The zero-order valence-electron chi connectivity index (χ0n) is 23.1. The number of hydrogen-bond acceptors (Lipinski definition) is 9. The van der Waals surface area contributed by atoms with Crippen molar-refractivity contribution in [3.63, 3.8) is 0 Å². The smallest absolute Gasteiger partial charge is 0.305 e. The molecule has 1 aliphatic heterocycles. The molecule has 1 saturated carbocycles. The van der Waals surface area contributed by atoms with E-state index in [0.717, 1.165) is 31.2 Å². The van der Waals surface area contributed by atoms with Gasteiger partial charge in [-0.05, 0) is 49.7 Å². The largest absolute Gasteiger partial charge is 0.497 e. The van der Waals surface area contributed by atoms with Crippen molar-refractivity contribution >= 4 is 22.8 Å². The lowest BCUT2D eigenvalue weighted by atomic mass is 9.87. The third-order valence-corrected chi connectivity index (χ3v) is 8.24. The van der Waals surface area contributed by atoms with E-state index in [2.05, 4.69) is 29.0 Å². The van der Waals surface area contributed by atoms with Crippen LogP contribution in [0.4, 0.5) is 0 Å². The average Bonchev–Trinajstić information content (AvgIpc) is 3.53. The van der Waals surface area contributed by atoms with Gasteiger partial charge < -0.3 is 44.5 Å². The summed E-state index contributed by atoms with van der Waals surface area (Å²) in [6.07, 6.45) is 3.79. The van der Waals surface area contributed by atoms with Gasteiger partial charge in [-0.3, -0.25) is 9.59 Å². The molecule has 2 heterocycles. The fourth-order valence-corrected chi connectivity index (χ4v) is 6.09. The number of benzene rings is 1. The molecule has 1 aromatic carbocycles. The Morgan fingerprint density at radius 3 is 2.60 bits per heavy atom. The summed E-state index contributed by atoms with van der Waals surface area (Å²) in [5, 5.41) is 43.8. The predicted octanol–water partition coefficient (Wildman–Crippen LogP) is 1.67. The van der Waals surface area contributed by atoms with Crippen molar-refractivity contribution in [3.8, 4) is 5.75 Å². The number of aliphatic hydroxyl groups excluding tert-OH is 4. The Hall–Kier alpha value is -2.96. The summed E-state index contributed by atoms with van der Waals surface area (Å²) in [7, 11) is 2.96. The van der Waals surface area contributed by atoms with Crippen LogP contribution in [0.15, 0.2) is 36.5 Å². The minimum Gasteiger partial charge on any atom is -0.497 e. The van der Waals surface area contributed by atoms with Crippen LogP contribution >= 0.6 is 0 Å². The molecule has 40 heavy (non-hydrogen) atoms. The topological polar surface area (TPSA) is 160 Å². The van der Waals surface area contributed by atoms with Crippen LogP contribution < -0.4 is 10.1 Å². The number of aliphatic hydroxyl groups is 4. The van der Waals surface area contributed by atoms with Crippen molar-refractivity contribution in [1.29, 1.82) is 0 Å². The number of methoxy groups -OCH3 is 2. The zero-order valence-corrected chi connectivity index (χ0v) is 23.1. The van der Waals surface area contributed by atoms with Crippen molar-refractivity contribution in [2.75, 3.05) is 20.8 Å². The molecule has 7 unspecified atom stereocenters. The van der Waals surface area contributed by atoms with Crippen molar-refractivity contribution in [2.45, 2.75) is 75.7 Å². The number of nitrogens with one attached hydrogen (secondary N) is 1. The van der Waals surface area contributed by atoms with Gasteiger partial charge in [0.05, 0.1) is 31.9 Å². The molecule has 2 aliphatic rings. The van der Waals surface area contributed by atoms with Crippen LogP contribution in [0.1, 0.15) is 55.4 Å². The molecule has 8 atom stereocenters. The first-order valence-corrected chi connectivity index (χ1v) is 13.8. The van der Waals surface area contributed by atoms with Crippen molar-refractivity contribution in [2.24, 2.45) is 11.8 Å². The minimum atomic E-state index is -1.63. The van der Waals surface area contributed by atoms with Crippen LogP contribution in [-0.4, -0.2) is 88.3 Å². The van der Waals surface area contributed by atoms with Crippen molar-refractivity contribution in [1.82, 2.24) is 9.88 Å². The monoisotopic (exact) mass is 560 g/mol. The van der Waals surface area contributed by atoms with Crippen molar-refractivity contribution < 1.29 is 44.2 Å². The van der Waals surface area contributed by atoms with Gasteiger partial charge in [-0.2, -0.15) is 0 Å². The maximum absolute atomic E-state index is 13.6. The number of hydrogen-bond donors (Lipinski definition) is 5. The molecule has 1 saturated heterocycles. The highest BCUT2D eigenvalue weighted by Crippen LogP contribution is 2.46. The van der Waals surface area contributed by atoms with Gasteiger partial charge in [0.2, 0.25) is 0 Å². The zero-order chi connectivity index (χ0) is 29.0. The molecule has 0 radical (unpaired) electrons. The van der Waals surface area contributed by atoms with Crippen LogP contribution in [0.3, 0.4) is 0 Å². The Morgan fingerprint density at radius 1 is 1.15 bits per heavy atom. The third kappa shape index (κ3) is 6.03. The normalized spacial score (nSPS) is 30.6. The molecular formula is C29H40N2O9. The molecule has 1 aromatic heterocycles. The summed E-state index contributed by atoms with van der Waals surface area (Å²) in [5.41, 5.74) is 1.09. The summed E-state index contributed by atoms with van der Waals surface area (Å²) in [6, 6.07) is 4.08. The fraction of sp³-hybridized carbons (Fsp3) is 0.586. The molecule has 2 aromatic rings. The highest BCUT2D eigenvalue weighted by molar-refractivity contribution is 6.07. The predicted molar refractivity (Wildman–Crippen MR) is 146 cm³/mol. The molecule has 220 valence electrons. The Bertz CT molecular complexity index is 1210. The number of fused-ring (bicyclic) bond motifs is 1. The highest BCUT2D eigenvalue weighted by Gasteiger charge is 2.45. The van der Waals surface area contributed by atoms with Crippen LogP contribution in [-0.2, 0) is 14.3 Å². The quantitative estimate of drug-likeness (QED) is 0.215. The van der Waals surface area contributed by atoms with Gasteiger partial charge >= 0.3 is 5.97 Å². The summed E-state index contributed by atoms with van der Waals surface area (Å²) >= 11 is 0. The van der Waals surface area contributed by atoms with Gasteiger partial charge in [0.25, 0.3) is 5.91 Å². The maximum atomic E-state index is 13.6. The van der Waals surface area contributed by atoms with Crippen LogP contribution in [0, 0.1) is 11.8 Å². The lowest BCUT2D eigenvalue weighted by Gasteiger charge is -2.40. The SMILES string of the molecule is CC/C=C\CC1C(n2cc(C(=O)NC3C(O)OC(CO)C(O)C3O)c3ccc(OC)cc32)CC[C@@H]1CC(=O)OC. The molecule has 0 spiro atoms. The first-order valence-electron chi connectivity index (χ1n) is 13.8. The van der Waals surface area contributed by atoms with E-state index in [0.29, 0.717) is 23.1 Å². The Labute approximate surface area is 233 Å². The number of carbonyl (C=O) groups is 2. The molecule has 2 fully saturated rings. The number of allylic oxidation sites excluding steroid dienone is 2. The Kier molecular flexibility index (Phi) is 9.85. The number of carbonyl (C=O) groups excluding carboxylic acids is 2. The van der Waals surface area contributed by atoms with Gasteiger partial charge in [0, 0.05) is 30.1 Å². The summed E-state index contributed by atoms with van der Waals surface area (Å²) in [4.78, 5) is 25.7. The average molecular weight is 561 g/mol. The summed E-state index contributed by atoms with van der Waals surface area (Å²) < 4.78 is 17.7. The molecule has 11 heteroatoms. The molecule has 1 aliphatic carbocycles.